The van der Waals surface area contributed by atoms with Crippen LogP contribution in [0.2, 0.25) is 25.7 Å². The second-order valence-corrected chi connectivity index (χ2v) is 16.6. The highest BCUT2D eigenvalue weighted by Crippen LogP contribution is 2.33. The predicted octanol–water partition coefficient (Wildman–Crippen LogP) is 5.08. The van der Waals surface area contributed by atoms with Gasteiger partial charge in [-0.2, -0.15) is 0 Å². The molecule has 2 heterocycles. The molecule has 0 N–H and O–H groups in total. The maximum absolute atomic E-state index is 12.6. The minimum atomic E-state index is -1.16. The number of rotatable bonds is 7. The molecule has 1 unspecified atom stereocenters. The Kier molecular flexibility index (Phi) is 6.89. The van der Waals surface area contributed by atoms with Crippen molar-refractivity contribution in [2.24, 2.45) is 5.92 Å². The number of halogens is 1. The molecule has 0 bridgehead atoms. The Morgan fingerprint density at radius 2 is 2.03 bits per heavy atom. The quantitative estimate of drug-likeness (QED) is 0.305. The smallest absolute Gasteiger partial charge is 0.310 e. The Morgan fingerprint density at radius 1 is 1.30 bits per heavy atom. The number of hydrogen-bond acceptors (Lipinski definition) is 5. The molecule has 0 saturated heterocycles. The highest BCUT2D eigenvalue weighted by Gasteiger charge is 2.36. The highest BCUT2D eigenvalue weighted by atomic mass is 79.9. The molecule has 1 atom stereocenters. The standard InChI is InChI=1S/C22H32BrN3O3Si/c1-22(2,3)29-21(27)15-11-17-19(12-15)26(14-28-9-10-30(4,5)6)20(25-17)18-13-16(23)7-8-24-18/h7-8,13,15H,9-12,14H2,1-6H3. The predicted molar refractivity (Wildman–Crippen MR) is 124 cm³/mol. The van der Waals surface area contributed by atoms with Crippen LogP contribution in [-0.2, 0) is 33.8 Å². The molecular weight excluding hydrogens is 462 g/mol. The molecule has 1 aliphatic rings. The van der Waals surface area contributed by atoms with E-state index in [1.807, 2.05) is 32.9 Å². The summed E-state index contributed by atoms with van der Waals surface area (Å²) in [7, 11) is -1.16. The zero-order chi connectivity index (χ0) is 22.1. The highest BCUT2D eigenvalue weighted by molar-refractivity contribution is 9.10. The van der Waals surface area contributed by atoms with Crippen molar-refractivity contribution >= 4 is 30.0 Å². The van der Waals surface area contributed by atoms with E-state index in [2.05, 4.69) is 45.1 Å². The second kappa shape index (κ2) is 8.92. The zero-order valence-electron chi connectivity index (χ0n) is 18.8. The van der Waals surface area contributed by atoms with Crippen LogP contribution in [0.1, 0.15) is 32.2 Å². The van der Waals surface area contributed by atoms with Gasteiger partial charge < -0.3 is 14.0 Å². The maximum atomic E-state index is 12.6. The van der Waals surface area contributed by atoms with Crippen LogP contribution in [0.15, 0.2) is 22.8 Å². The molecule has 0 aromatic carbocycles. The monoisotopic (exact) mass is 493 g/mol. The number of hydrogen-bond donors (Lipinski definition) is 0. The molecule has 2 aromatic heterocycles. The first-order valence-electron chi connectivity index (χ1n) is 10.4. The van der Waals surface area contributed by atoms with Crippen molar-refractivity contribution in [2.75, 3.05) is 6.61 Å². The summed E-state index contributed by atoms with van der Waals surface area (Å²) in [6.45, 7) is 13.9. The molecule has 8 heteroatoms. The number of imidazole rings is 1. The first-order valence-corrected chi connectivity index (χ1v) is 14.9. The Labute approximate surface area is 188 Å². The normalized spacial score (nSPS) is 16.6. The second-order valence-electron chi connectivity index (χ2n) is 10.1. The van der Waals surface area contributed by atoms with Gasteiger partial charge in [0.25, 0.3) is 0 Å². The van der Waals surface area contributed by atoms with E-state index in [0.717, 1.165) is 40.0 Å². The van der Waals surface area contributed by atoms with Crippen molar-refractivity contribution in [3.8, 4) is 11.5 Å². The number of nitrogens with zero attached hydrogens (tertiary/aromatic N) is 3. The number of pyridine rings is 1. The summed E-state index contributed by atoms with van der Waals surface area (Å²) >= 11 is 3.52. The van der Waals surface area contributed by atoms with Gasteiger partial charge in [-0.1, -0.05) is 35.6 Å². The number of fused-ring (bicyclic) bond motifs is 1. The molecule has 0 saturated carbocycles. The van der Waals surface area contributed by atoms with Crippen molar-refractivity contribution in [2.45, 2.75) is 71.6 Å². The fourth-order valence-corrected chi connectivity index (χ4v) is 4.51. The van der Waals surface area contributed by atoms with Crippen LogP contribution in [-0.4, -0.2) is 40.8 Å². The number of carbonyl (C=O) groups excluding carboxylic acids is 1. The lowest BCUT2D eigenvalue weighted by Gasteiger charge is -2.22. The van der Waals surface area contributed by atoms with E-state index in [0.29, 0.717) is 19.6 Å². The van der Waals surface area contributed by atoms with E-state index in [1.165, 1.54) is 0 Å². The molecule has 164 valence electrons. The minimum absolute atomic E-state index is 0.158. The van der Waals surface area contributed by atoms with Gasteiger partial charge in [-0.25, -0.2) is 4.98 Å². The Morgan fingerprint density at radius 3 is 2.67 bits per heavy atom. The molecule has 6 nitrogen and oxygen atoms in total. The lowest BCUT2D eigenvalue weighted by atomic mass is 10.1. The van der Waals surface area contributed by atoms with E-state index < -0.39 is 13.7 Å². The van der Waals surface area contributed by atoms with Crippen LogP contribution in [0.5, 0.6) is 0 Å². The minimum Gasteiger partial charge on any atom is -0.460 e. The number of ether oxygens (including phenoxy) is 2. The summed E-state index contributed by atoms with van der Waals surface area (Å²) < 4.78 is 14.7. The van der Waals surface area contributed by atoms with Crippen molar-refractivity contribution < 1.29 is 14.3 Å². The molecule has 3 rings (SSSR count). The lowest BCUT2D eigenvalue weighted by molar-refractivity contribution is -0.159. The van der Waals surface area contributed by atoms with Gasteiger partial charge in [0.05, 0.1) is 11.6 Å². The molecule has 0 aliphatic heterocycles. The van der Waals surface area contributed by atoms with E-state index in [-0.39, 0.29) is 11.9 Å². The first-order chi connectivity index (χ1) is 13.9. The van der Waals surface area contributed by atoms with Gasteiger partial charge in [0.1, 0.15) is 18.0 Å². The average molecular weight is 495 g/mol. The molecule has 0 fully saturated rings. The number of aromatic nitrogens is 3. The van der Waals surface area contributed by atoms with Crippen LogP contribution in [0.3, 0.4) is 0 Å². The van der Waals surface area contributed by atoms with Gasteiger partial charge in [0, 0.05) is 43.9 Å². The van der Waals surface area contributed by atoms with Gasteiger partial charge in [0.2, 0.25) is 0 Å². The Bertz CT molecular complexity index is 915. The third-order valence-corrected chi connectivity index (χ3v) is 7.14. The fraction of sp³-hybridized carbons (Fsp3) is 0.591. The van der Waals surface area contributed by atoms with Crippen LogP contribution in [0.25, 0.3) is 11.5 Å². The van der Waals surface area contributed by atoms with Gasteiger partial charge in [0.15, 0.2) is 5.82 Å². The van der Waals surface area contributed by atoms with E-state index >= 15 is 0 Å². The Hall–Kier alpha value is -1.51. The molecule has 0 radical (unpaired) electrons. The van der Waals surface area contributed by atoms with Gasteiger partial charge in [-0.05, 0) is 38.9 Å². The molecule has 2 aromatic rings. The van der Waals surface area contributed by atoms with Gasteiger partial charge >= 0.3 is 5.97 Å². The Balaban J connectivity index is 1.83. The topological polar surface area (TPSA) is 66.2 Å². The molecule has 0 amide bonds. The largest absolute Gasteiger partial charge is 0.460 e. The summed E-state index contributed by atoms with van der Waals surface area (Å²) in [5.41, 5.74) is 2.30. The summed E-state index contributed by atoms with van der Waals surface area (Å²) in [6, 6.07) is 4.96. The van der Waals surface area contributed by atoms with Crippen molar-refractivity contribution in [3.63, 3.8) is 0 Å². The summed E-state index contributed by atoms with van der Waals surface area (Å²) in [4.78, 5) is 22.0. The van der Waals surface area contributed by atoms with E-state index in [4.69, 9.17) is 14.5 Å². The molecule has 30 heavy (non-hydrogen) atoms. The van der Waals surface area contributed by atoms with Crippen LogP contribution in [0.4, 0.5) is 0 Å². The number of carbonyl (C=O) groups is 1. The maximum Gasteiger partial charge on any atom is 0.310 e. The fourth-order valence-electron chi connectivity index (χ4n) is 3.41. The van der Waals surface area contributed by atoms with Crippen LogP contribution < -0.4 is 0 Å². The summed E-state index contributed by atoms with van der Waals surface area (Å²) in [5, 5.41) is 0. The zero-order valence-corrected chi connectivity index (χ0v) is 21.4. The first kappa shape index (κ1) is 23.2. The van der Waals surface area contributed by atoms with Crippen molar-refractivity contribution in [1.29, 1.82) is 0 Å². The van der Waals surface area contributed by atoms with Gasteiger partial charge in [-0.3, -0.25) is 9.78 Å². The van der Waals surface area contributed by atoms with Gasteiger partial charge in [-0.15, -0.1) is 0 Å². The van der Waals surface area contributed by atoms with Crippen molar-refractivity contribution in [1.82, 2.24) is 14.5 Å². The van der Waals surface area contributed by atoms with Crippen LogP contribution >= 0.6 is 15.9 Å². The molecule has 1 aliphatic carbocycles. The summed E-state index contributed by atoms with van der Waals surface area (Å²) in [6.07, 6.45) is 2.97. The van der Waals surface area contributed by atoms with Crippen molar-refractivity contribution in [3.05, 3.63) is 34.2 Å². The third kappa shape index (κ3) is 6.01. The van der Waals surface area contributed by atoms with E-state index in [1.54, 1.807) is 6.20 Å². The van der Waals surface area contributed by atoms with Crippen LogP contribution in [0, 0.1) is 5.92 Å². The number of esters is 1. The van der Waals surface area contributed by atoms with E-state index in [9.17, 15) is 4.79 Å². The molecule has 0 spiro atoms. The third-order valence-electron chi connectivity index (χ3n) is 4.94. The summed E-state index contributed by atoms with van der Waals surface area (Å²) in [5.74, 6) is 0.435. The lowest BCUT2D eigenvalue weighted by Crippen LogP contribution is -2.29. The average Bonchev–Trinajstić information content (AvgIpc) is 3.15. The SMILES string of the molecule is CC(C)(C)OC(=O)C1Cc2nc(-c3cc(Br)ccn3)n(COCC[Si](C)(C)C)c2C1. The molecular formula is C22H32BrN3O3Si.